The zero-order valence-electron chi connectivity index (χ0n) is 17.6. The molecule has 0 aliphatic heterocycles. The fourth-order valence-electron chi connectivity index (χ4n) is 5.11. The van der Waals surface area contributed by atoms with Crippen LogP contribution in [0.3, 0.4) is 0 Å². The van der Waals surface area contributed by atoms with Crippen LogP contribution < -0.4 is 4.72 Å². The second kappa shape index (κ2) is 9.00. The summed E-state index contributed by atoms with van der Waals surface area (Å²) < 4.78 is 33.4. The first-order valence-electron chi connectivity index (χ1n) is 10.5. The van der Waals surface area contributed by atoms with E-state index < -0.39 is 10.0 Å². The third-order valence-corrected chi connectivity index (χ3v) is 8.54. The van der Waals surface area contributed by atoms with Gasteiger partial charge in [0.15, 0.2) is 0 Å². The highest BCUT2D eigenvalue weighted by Gasteiger charge is 2.57. The molecule has 4 atom stereocenters. The molecule has 6 heteroatoms. The zero-order valence-corrected chi connectivity index (χ0v) is 18.5. The summed E-state index contributed by atoms with van der Waals surface area (Å²) in [6.07, 6.45) is 9.27. The van der Waals surface area contributed by atoms with Gasteiger partial charge in [0, 0.05) is 12.5 Å². The maximum absolute atomic E-state index is 12.9. The average Bonchev–Trinajstić information content (AvgIpc) is 2.71. The molecule has 1 N–H and O–H groups in total. The van der Waals surface area contributed by atoms with Crippen LogP contribution in [0.5, 0.6) is 0 Å². The van der Waals surface area contributed by atoms with Crippen molar-refractivity contribution in [2.75, 3.05) is 7.11 Å². The van der Waals surface area contributed by atoms with Crippen molar-refractivity contribution in [1.82, 2.24) is 4.72 Å². The van der Waals surface area contributed by atoms with Crippen LogP contribution >= 0.6 is 0 Å². The Balaban J connectivity index is 1.64. The minimum absolute atomic E-state index is 0.0308. The maximum Gasteiger partial charge on any atom is 0.305 e. The van der Waals surface area contributed by atoms with Gasteiger partial charge >= 0.3 is 5.97 Å². The second-order valence-electron chi connectivity index (χ2n) is 8.98. The highest BCUT2D eigenvalue weighted by atomic mass is 32.2. The van der Waals surface area contributed by atoms with Crippen molar-refractivity contribution in [3.63, 3.8) is 0 Å². The summed E-state index contributed by atoms with van der Waals surface area (Å²) in [6, 6.07) is 8.59. The Morgan fingerprint density at radius 3 is 2.59 bits per heavy atom. The predicted octanol–water partition coefficient (Wildman–Crippen LogP) is 4.31. The molecule has 1 aromatic carbocycles. The van der Waals surface area contributed by atoms with Crippen LogP contribution in [0.25, 0.3) is 0 Å². The van der Waals surface area contributed by atoms with Crippen LogP contribution in [0.4, 0.5) is 0 Å². The molecule has 0 spiro atoms. The number of allylic oxidation sites excluding steroid dienone is 2. The fourth-order valence-corrected chi connectivity index (χ4v) is 6.43. The van der Waals surface area contributed by atoms with E-state index in [-0.39, 0.29) is 17.4 Å². The average molecular weight is 420 g/mol. The van der Waals surface area contributed by atoms with Crippen molar-refractivity contribution >= 4 is 16.0 Å². The number of benzene rings is 1. The van der Waals surface area contributed by atoms with Crippen LogP contribution in [-0.2, 0) is 19.6 Å². The van der Waals surface area contributed by atoms with Crippen molar-refractivity contribution in [2.24, 2.45) is 23.2 Å². The Kier molecular flexibility index (Phi) is 6.84. The summed E-state index contributed by atoms with van der Waals surface area (Å²) in [5.74, 6) is 1.23. The smallest absolute Gasteiger partial charge is 0.305 e. The van der Waals surface area contributed by atoms with E-state index in [0.29, 0.717) is 29.1 Å². The topological polar surface area (TPSA) is 72.5 Å². The summed E-state index contributed by atoms with van der Waals surface area (Å²) in [6.45, 7) is 4.64. The van der Waals surface area contributed by atoms with Crippen molar-refractivity contribution in [1.29, 1.82) is 0 Å². The van der Waals surface area contributed by atoms with Crippen molar-refractivity contribution in [3.8, 4) is 0 Å². The van der Waals surface area contributed by atoms with Gasteiger partial charge in [-0.05, 0) is 67.4 Å². The largest absolute Gasteiger partial charge is 0.469 e. The number of fused-ring (bicyclic) bond motifs is 2. The summed E-state index contributed by atoms with van der Waals surface area (Å²) >= 11 is 0. The van der Waals surface area contributed by atoms with Gasteiger partial charge in [-0.1, -0.05) is 44.2 Å². The van der Waals surface area contributed by atoms with E-state index in [0.717, 1.165) is 25.7 Å². The van der Waals surface area contributed by atoms with Gasteiger partial charge in [0.25, 0.3) is 0 Å². The lowest BCUT2D eigenvalue weighted by Crippen LogP contribution is -2.61. The van der Waals surface area contributed by atoms with E-state index in [9.17, 15) is 13.2 Å². The summed E-state index contributed by atoms with van der Waals surface area (Å²) in [7, 11) is -2.10. The summed E-state index contributed by atoms with van der Waals surface area (Å²) in [5.41, 5.74) is 0.276. The van der Waals surface area contributed by atoms with Gasteiger partial charge in [0.1, 0.15) is 0 Å². The minimum Gasteiger partial charge on any atom is -0.469 e. The van der Waals surface area contributed by atoms with Gasteiger partial charge in [0.2, 0.25) is 10.0 Å². The molecule has 3 saturated carbocycles. The molecule has 5 nitrogen and oxygen atoms in total. The molecule has 3 aliphatic rings. The van der Waals surface area contributed by atoms with E-state index in [1.165, 1.54) is 13.5 Å². The first kappa shape index (κ1) is 22.0. The molecule has 4 rings (SSSR count). The number of ether oxygens (including phenoxy) is 1. The molecule has 3 aliphatic carbocycles. The van der Waals surface area contributed by atoms with Gasteiger partial charge in [0.05, 0.1) is 12.0 Å². The molecule has 0 aromatic heterocycles. The van der Waals surface area contributed by atoms with Gasteiger partial charge in [-0.2, -0.15) is 0 Å². The number of rotatable bonds is 9. The first-order chi connectivity index (χ1) is 13.8. The molecular weight excluding hydrogens is 386 g/mol. The molecule has 0 amide bonds. The molecule has 29 heavy (non-hydrogen) atoms. The quantitative estimate of drug-likeness (QED) is 0.368. The molecule has 1 aromatic rings. The third kappa shape index (κ3) is 4.92. The van der Waals surface area contributed by atoms with Crippen molar-refractivity contribution < 1.29 is 17.9 Å². The molecule has 2 bridgehead atoms. The van der Waals surface area contributed by atoms with Crippen LogP contribution in [0.15, 0.2) is 47.4 Å². The van der Waals surface area contributed by atoms with Gasteiger partial charge in [-0.15, -0.1) is 0 Å². The number of esters is 1. The highest BCUT2D eigenvalue weighted by molar-refractivity contribution is 7.89. The number of nitrogens with one attached hydrogen (secondary N) is 1. The third-order valence-electron chi connectivity index (χ3n) is 7.03. The second-order valence-corrected chi connectivity index (χ2v) is 10.7. The van der Waals surface area contributed by atoms with Gasteiger partial charge in [-0.3, -0.25) is 4.79 Å². The Bertz CT molecular complexity index is 832. The first-order valence-corrected chi connectivity index (χ1v) is 12.0. The van der Waals surface area contributed by atoms with E-state index >= 15 is 0 Å². The molecule has 3 fully saturated rings. The van der Waals surface area contributed by atoms with Gasteiger partial charge < -0.3 is 4.74 Å². The van der Waals surface area contributed by atoms with E-state index in [1.54, 1.807) is 24.3 Å². The lowest BCUT2D eigenvalue weighted by Gasteiger charge is -2.62. The summed E-state index contributed by atoms with van der Waals surface area (Å²) in [4.78, 5) is 11.5. The van der Waals surface area contributed by atoms with E-state index in [4.69, 9.17) is 0 Å². The molecular formula is C23H33NO4S. The Morgan fingerprint density at radius 2 is 1.93 bits per heavy atom. The van der Waals surface area contributed by atoms with Gasteiger partial charge in [-0.25, -0.2) is 13.1 Å². The molecule has 160 valence electrons. The number of carbonyl (C=O) groups is 1. The zero-order chi connectivity index (χ0) is 21.1. The number of methoxy groups -OCH3 is 1. The number of hydrogen-bond donors (Lipinski definition) is 1. The lowest BCUT2D eigenvalue weighted by atomic mass is 9.44. The molecule has 0 saturated heterocycles. The Labute approximate surface area is 175 Å². The van der Waals surface area contributed by atoms with Crippen molar-refractivity contribution in [2.45, 2.75) is 63.3 Å². The minimum atomic E-state index is -3.51. The Hall–Kier alpha value is -1.66. The number of carbonyl (C=O) groups excluding carboxylic acids is 1. The van der Waals surface area contributed by atoms with E-state index in [1.807, 2.05) is 6.07 Å². The standard InChI is InChI=1S/C23H33NO4S/c1-23(2)17-15-20(23)19(13-9-4-5-10-14-22(25)28-3)21(16-17)24-29(26,27)18-11-7-6-8-12-18/h4,6-9,11-12,17,19-21,24H,5,10,13-16H2,1-3H3/t17-,19+,20+,21+/m1/s1. The number of hydrogen-bond acceptors (Lipinski definition) is 4. The predicted molar refractivity (Wildman–Crippen MR) is 114 cm³/mol. The number of sulfonamides is 1. The van der Waals surface area contributed by atoms with Crippen LogP contribution in [0, 0.1) is 23.2 Å². The molecule has 0 radical (unpaired) electrons. The van der Waals surface area contributed by atoms with Crippen LogP contribution in [-0.4, -0.2) is 27.5 Å². The normalized spacial score (nSPS) is 28.1. The maximum atomic E-state index is 12.9. The fraction of sp³-hybridized carbons (Fsp3) is 0.609. The summed E-state index contributed by atoms with van der Waals surface area (Å²) in [5, 5.41) is 0. The highest BCUT2D eigenvalue weighted by Crippen LogP contribution is 2.62. The molecule has 0 unspecified atom stereocenters. The SMILES string of the molecule is COC(=O)CCCC=CC[C@@H]1[C@@H](NS(=O)(=O)c2ccccc2)C[C@H]2C[C@@H]1C2(C)C. The Morgan fingerprint density at radius 1 is 1.21 bits per heavy atom. The monoisotopic (exact) mass is 419 g/mol. The van der Waals surface area contributed by atoms with Crippen LogP contribution in [0.2, 0.25) is 0 Å². The number of unbranched alkanes of at least 4 members (excludes halogenated alkanes) is 1. The molecule has 0 heterocycles. The van der Waals surface area contributed by atoms with E-state index in [2.05, 4.69) is 35.5 Å². The van der Waals surface area contributed by atoms with Crippen LogP contribution in [0.1, 0.15) is 52.4 Å². The lowest BCUT2D eigenvalue weighted by molar-refractivity contribution is -0.140. The van der Waals surface area contributed by atoms with Crippen molar-refractivity contribution in [3.05, 3.63) is 42.5 Å².